The number of fused-ring (bicyclic) bond motifs is 10. The lowest BCUT2D eigenvalue weighted by atomic mass is 9.95. The van der Waals surface area contributed by atoms with Crippen molar-refractivity contribution in [3.05, 3.63) is 188 Å². The first-order valence-electron chi connectivity index (χ1n) is 18.0. The molecular weight excluding hydrogens is 665 g/mol. The van der Waals surface area contributed by atoms with Crippen LogP contribution in [0.1, 0.15) is 11.8 Å². The first kappa shape index (κ1) is 30.0. The number of nitrogens with zero attached hydrogens (tertiary/aromatic N) is 1. The quantitative estimate of drug-likeness (QED) is 0.181. The van der Waals surface area contributed by atoms with Gasteiger partial charge in [0.1, 0.15) is 0 Å². The maximum absolute atomic E-state index is 6.64. The van der Waals surface area contributed by atoms with Gasteiger partial charge in [0.15, 0.2) is 12.0 Å². The second-order valence-corrected chi connectivity index (χ2v) is 14.8. The number of anilines is 4. The van der Waals surface area contributed by atoms with Crippen LogP contribution in [0.15, 0.2) is 182 Å². The minimum Gasteiger partial charge on any atom is -0.464 e. The van der Waals surface area contributed by atoms with E-state index in [-0.39, 0.29) is 6.23 Å². The van der Waals surface area contributed by atoms with Crippen molar-refractivity contribution in [3.63, 3.8) is 0 Å². The number of thiophene rings is 1. The lowest BCUT2D eigenvalue weighted by molar-refractivity contribution is 0.263. The Bertz CT molecular complexity index is 3030. The summed E-state index contributed by atoms with van der Waals surface area (Å²) in [7, 11) is 0. The van der Waals surface area contributed by atoms with Crippen LogP contribution < -0.4 is 15.0 Å². The highest BCUT2D eigenvalue weighted by molar-refractivity contribution is 7.26. The molecule has 3 nitrogen and oxygen atoms in total. The van der Waals surface area contributed by atoms with Crippen molar-refractivity contribution in [1.82, 2.24) is 0 Å². The molecule has 0 spiro atoms. The minimum atomic E-state index is -0.219. The van der Waals surface area contributed by atoms with Crippen LogP contribution in [0.2, 0.25) is 0 Å². The van der Waals surface area contributed by atoms with E-state index in [0.29, 0.717) is 0 Å². The van der Waals surface area contributed by atoms with Gasteiger partial charge in [0.2, 0.25) is 0 Å². The first-order valence-corrected chi connectivity index (χ1v) is 18.8. The molecule has 0 fully saturated rings. The number of ether oxygens (including phenoxy) is 1. The van der Waals surface area contributed by atoms with Crippen LogP contribution in [0.5, 0.6) is 5.75 Å². The van der Waals surface area contributed by atoms with E-state index < -0.39 is 0 Å². The van der Waals surface area contributed by atoms with Gasteiger partial charge in [-0.1, -0.05) is 127 Å². The molecule has 11 rings (SSSR count). The van der Waals surface area contributed by atoms with Crippen molar-refractivity contribution in [2.24, 2.45) is 0 Å². The molecule has 0 amide bonds. The molecule has 1 unspecified atom stereocenters. The van der Waals surface area contributed by atoms with E-state index in [1.54, 1.807) is 0 Å². The van der Waals surface area contributed by atoms with Gasteiger partial charge < -0.3 is 15.0 Å². The van der Waals surface area contributed by atoms with Crippen molar-refractivity contribution >= 4 is 86.6 Å². The third-order valence-electron chi connectivity index (χ3n) is 10.6. The third kappa shape index (κ3) is 4.87. The van der Waals surface area contributed by atoms with Crippen molar-refractivity contribution in [2.75, 3.05) is 10.2 Å². The standard InChI is InChI=1S/C49H32N2OS/c1-3-12-32(13-4-1)49-50-43-27-24-31-22-23-35-29-38(25-26-39(35)45(31)47(43)52-49)51(36-16-5-2-6-17-36)37-18-11-15-33(28-37)42-30-34-14-7-8-19-40(34)48-46(42)41-20-9-10-21-44(41)53-48/h1-30,49-50H. The van der Waals surface area contributed by atoms with Crippen molar-refractivity contribution in [1.29, 1.82) is 0 Å². The highest BCUT2D eigenvalue weighted by atomic mass is 32.1. The van der Waals surface area contributed by atoms with Crippen molar-refractivity contribution in [3.8, 4) is 16.9 Å². The Labute approximate surface area is 310 Å². The maximum atomic E-state index is 6.64. The molecule has 0 saturated carbocycles. The van der Waals surface area contributed by atoms with E-state index in [1.165, 1.54) is 47.5 Å². The number of rotatable bonds is 5. The smallest absolute Gasteiger partial charge is 0.196 e. The van der Waals surface area contributed by atoms with Crippen LogP contribution in [-0.2, 0) is 0 Å². The molecule has 9 aromatic carbocycles. The Morgan fingerprint density at radius 3 is 2.08 bits per heavy atom. The SMILES string of the molecule is c1ccc(C2Nc3ccc4ccc5cc(N(c6ccccc6)c6cccc(-c7cc8ccccc8c8sc9ccccc9c78)c6)ccc5c4c3O2)cc1. The summed E-state index contributed by atoms with van der Waals surface area (Å²) < 4.78 is 9.30. The van der Waals surface area contributed by atoms with Gasteiger partial charge in [0.05, 0.1) is 5.69 Å². The summed E-state index contributed by atoms with van der Waals surface area (Å²) in [6.45, 7) is 0. The van der Waals surface area contributed by atoms with Gasteiger partial charge in [-0.25, -0.2) is 0 Å². The number of para-hydroxylation sites is 1. The molecule has 1 aliphatic heterocycles. The molecule has 1 N–H and O–H groups in total. The van der Waals surface area contributed by atoms with Crippen LogP contribution in [0.25, 0.3) is 63.6 Å². The highest BCUT2D eigenvalue weighted by Crippen LogP contribution is 2.48. The molecule has 4 heteroatoms. The molecule has 1 aromatic heterocycles. The number of hydrogen-bond acceptors (Lipinski definition) is 4. The van der Waals surface area contributed by atoms with E-state index in [4.69, 9.17) is 4.74 Å². The van der Waals surface area contributed by atoms with Gasteiger partial charge in [-0.2, -0.15) is 0 Å². The molecule has 0 bridgehead atoms. The van der Waals surface area contributed by atoms with Gasteiger partial charge in [-0.15, -0.1) is 11.3 Å². The second-order valence-electron chi connectivity index (χ2n) is 13.7. The van der Waals surface area contributed by atoms with E-state index in [2.05, 4.69) is 186 Å². The normalized spacial score (nSPS) is 13.8. The van der Waals surface area contributed by atoms with Gasteiger partial charge in [0, 0.05) is 48.2 Å². The zero-order valence-corrected chi connectivity index (χ0v) is 29.5. The average Bonchev–Trinajstić information content (AvgIpc) is 3.84. The predicted octanol–water partition coefficient (Wildman–Crippen LogP) is 14.2. The zero-order valence-electron chi connectivity index (χ0n) is 28.7. The van der Waals surface area contributed by atoms with E-state index in [1.807, 2.05) is 17.4 Å². The Morgan fingerprint density at radius 2 is 1.19 bits per heavy atom. The van der Waals surface area contributed by atoms with E-state index in [9.17, 15) is 0 Å². The van der Waals surface area contributed by atoms with E-state index in [0.717, 1.165) is 50.2 Å². The average molecular weight is 697 g/mol. The lowest BCUT2D eigenvalue weighted by Gasteiger charge is -2.26. The summed E-state index contributed by atoms with van der Waals surface area (Å²) in [6, 6.07) is 65.6. The fourth-order valence-corrected chi connectivity index (χ4v) is 9.44. The monoisotopic (exact) mass is 696 g/mol. The Hall–Kier alpha value is -6.62. The molecule has 2 heterocycles. The predicted molar refractivity (Wildman–Crippen MR) is 225 cm³/mol. The van der Waals surface area contributed by atoms with Crippen molar-refractivity contribution < 1.29 is 4.74 Å². The van der Waals surface area contributed by atoms with Crippen LogP contribution in [0.3, 0.4) is 0 Å². The summed E-state index contributed by atoms with van der Waals surface area (Å²) in [4.78, 5) is 2.37. The van der Waals surface area contributed by atoms with Gasteiger partial charge in [-0.3, -0.25) is 0 Å². The molecular formula is C49H32N2OS. The summed E-state index contributed by atoms with van der Waals surface area (Å²) in [6.07, 6.45) is -0.219. The zero-order chi connectivity index (χ0) is 34.9. The minimum absolute atomic E-state index is 0.219. The number of benzene rings is 9. The van der Waals surface area contributed by atoms with Crippen LogP contribution in [0.4, 0.5) is 22.7 Å². The summed E-state index contributed by atoms with van der Waals surface area (Å²) in [5.41, 5.74) is 7.89. The summed E-state index contributed by atoms with van der Waals surface area (Å²) >= 11 is 1.89. The second kappa shape index (κ2) is 12.0. The molecule has 0 aliphatic carbocycles. The van der Waals surface area contributed by atoms with Gasteiger partial charge in [-0.05, 0) is 92.7 Å². The Morgan fingerprint density at radius 1 is 0.491 bits per heavy atom. The molecule has 1 atom stereocenters. The lowest BCUT2D eigenvalue weighted by Crippen LogP contribution is -2.10. The molecule has 0 saturated heterocycles. The van der Waals surface area contributed by atoms with Gasteiger partial charge in [0.25, 0.3) is 0 Å². The number of hydrogen-bond donors (Lipinski definition) is 1. The Balaban J connectivity index is 1.07. The fraction of sp³-hybridized carbons (Fsp3) is 0.0204. The molecule has 1 aliphatic rings. The first-order chi connectivity index (χ1) is 26.3. The van der Waals surface area contributed by atoms with E-state index >= 15 is 0 Å². The summed E-state index contributed by atoms with van der Waals surface area (Å²) in [5, 5.41) is 13.4. The molecule has 0 radical (unpaired) electrons. The highest BCUT2D eigenvalue weighted by Gasteiger charge is 2.26. The Kier molecular flexibility index (Phi) is 6.79. The van der Waals surface area contributed by atoms with Crippen molar-refractivity contribution in [2.45, 2.75) is 6.23 Å². The van der Waals surface area contributed by atoms with Crippen LogP contribution >= 0.6 is 11.3 Å². The van der Waals surface area contributed by atoms with Gasteiger partial charge >= 0.3 is 0 Å². The largest absolute Gasteiger partial charge is 0.464 e. The van der Waals surface area contributed by atoms with Crippen LogP contribution in [-0.4, -0.2) is 0 Å². The maximum Gasteiger partial charge on any atom is 0.196 e. The number of nitrogens with one attached hydrogen (secondary N) is 1. The topological polar surface area (TPSA) is 24.5 Å². The molecule has 10 aromatic rings. The summed E-state index contributed by atoms with van der Waals surface area (Å²) in [5.74, 6) is 0.907. The molecule has 53 heavy (non-hydrogen) atoms. The third-order valence-corrected chi connectivity index (χ3v) is 11.8. The van der Waals surface area contributed by atoms with Crippen LogP contribution in [0, 0.1) is 0 Å². The fourth-order valence-electron chi connectivity index (χ4n) is 8.18. The molecule has 250 valence electrons.